The van der Waals surface area contributed by atoms with Crippen molar-refractivity contribution in [3.05, 3.63) is 107 Å². The number of carbonyl (C=O) groups excluding carboxylic acids is 4. The number of aromatic nitrogens is 2. The summed E-state index contributed by atoms with van der Waals surface area (Å²) in [7, 11) is 0. The van der Waals surface area contributed by atoms with E-state index >= 15 is 0 Å². The van der Waals surface area contributed by atoms with Crippen molar-refractivity contribution >= 4 is 34.8 Å². The molecule has 3 aliphatic rings. The maximum Gasteiger partial charge on any atom is 0.246 e. The lowest BCUT2D eigenvalue weighted by Crippen LogP contribution is -2.50. The van der Waals surface area contributed by atoms with Gasteiger partial charge in [0.25, 0.3) is 0 Å². The largest absolute Gasteiger partial charge is 0.344 e. The first-order valence-electron chi connectivity index (χ1n) is 19.4. The van der Waals surface area contributed by atoms with Gasteiger partial charge in [0.05, 0.1) is 17.9 Å². The third kappa shape index (κ3) is 9.00. The van der Waals surface area contributed by atoms with Gasteiger partial charge in [-0.3, -0.25) is 19.4 Å². The summed E-state index contributed by atoms with van der Waals surface area (Å²) in [5.41, 5.74) is 8.85. The lowest BCUT2D eigenvalue weighted by molar-refractivity contribution is -0.139. The van der Waals surface area contributed by atoms with Gasteiger partial charge in [-0.15, -0.1) is 0 Å². The molecule has 0 saturated carbocycles. The van der Waals surface area contributed by atoms with E-state index in [9.17, 15) is 19.2 Å². The summed E-state index contributed by atoms with van der Waals surface area (Å²) >= 11 is 0. The molecule has 2 N–H and O–H groups in total. The van der Waals surface area contributed by atoms with Gasteiger partial charge >= 0.3 is 0 Å². The number of nitrogens with zero attached hydrogens (tertiary/aromatic N) is 4. The third-order valence-electron chi connectivity index (χ3n) is 10.7. The zero-order valence-corrected chi connectivity index (χ0v) is 33.6. The number of H-pyrrole nitrogens is 1. The highest BCUT2D eigenvalue weighted by Gasteiger charge is 2.38. The molecule has 3 amide bonds. The van der Waals surface area contributed by atoms with Crippen molar-refractivity contribution in [3.63, 3.8) is 0 Å². The Morgan fingerprint density at radius 3 is 1.93 bits per heavy atom. The minimum atomic E-state index is -0.610. The van der Waals surface area contributed by atoms with Gasteiger partial charge in [-0.05, 0) is 73.6 Å². The van der Waals surface area contributed by atoms with E-state index in [1.54, 1.807) is 18.0 Å². The first kappa shape index (κ1) is 39.9. The molecular formula is C46H52N6O4. The molecule has 0 aliphatic carbocycles. The molecule has 10 nitrogen and oxygen atoms in total. The summed E-state index contributed by atoms with van der Waals surface area (Å²) in [5, 5.41) is 2.82. The van der Waals surface area contributed by atoms with Crippen LogP contribution in [-0.4, -0.2) is 74.2 Å². The van der Waals surface area contributed by atoms with Crippen molar-refractivity contribution in [2.75, 3.05) is 13.1 Å². The van der Waals surface area contributed by atoms with Crippen LogP contribution >= 0.6 is 0 Å². The third-order valence-corrected chi connectivity index (χ3v) is 10.7. The van der Waals surface area contributed by atoms with E-state index in [1.165, 1.54) is 6.92 Å². The van der Waals surface area contributed by atoms with E-state index in [4.69, 9.17) is 4.99 Å². The monoisotopic (exact) mass is 752 g/mol. The molecule has 10 heteroatoms. The van der Waals surface area contributed by atoms with Gasteiger partial charge in [-0.1, -0.05) is 87.1 Å². The minimum Gasteiger partial charge on any atom is -0.344 e. The second kappa shape index (κ2) is 16.9. The molecule has 0 spiro atoms. The summed E-state index contributed by atoms with van der Waals surface area (Å²) in [5.74, 6) is 6.58. The number of benzene rings is 2. The Morgan fingerprint density at radius 1 is 0.804 bits per heavy atom. The maximum absolute atomic E-state index is 13.6. The van der Waals surface area contributed by atoms with Crippen molar-refractivity contribution in [1.29, 1.82) is 0 Å². The summed E-state index contributed by atoms with van der Waals surface area (Å²) in [6, 6.07) is 14.9. The van der Waals surface area contributed by atoms with Crippen LogP contribution in [0.4, 0.5) is 0 Å². The van der Waals surface area contributed by atoms with Crippen molar-refractivity contribution in [3.8, 4) is 23.1 Å². The Morgan fingerprint density at radius 2 is 1.38 bits per heavy atom. The van der Waals surface area contributed by atoms with Gasteiger partial charge in [-0.25, -0.2) is 4.98 Å². The van der Waals surface area contributed by atoms with E-state index in [0.717, 1.165) is 50.4 Å². The van der Waals surface area contributed by atoms with Gasteiger partial charge in [0.15, 0.2) is 0 Å². The highest BCUT2D eigenvalue weighted by atomic mass is 16.2. The van der Waals surface area contributed by atoms with Gasteiger partial charge in [0, 0.05) is 61.8 Å². The van der Waals surface area contributed by atoms with Crippen LogP contribution in [0.3, 0.4) is 0 Å². The van der Waals surface area contributed by atoms with Gasteiger partial charge in [0.1, 0.15) is 23.7 Å². The number of Topliss-reactive ketones (excluding diaryl/α,β-unsaturated/α-hetero) is 1. The molecule has 4 atom stereocenters. The fourth-order valence-corrected chi connectivity index (χ4v) is 7.62. The minimum absolute atomic E-state index is 0.0203. The molecule has 290 valence electrons. The second-order valence-corrected chi connectivity index (χ2v) is 16.1. The normalized spacial score (nSPS) is 18.9. The van der Waals surface area contributed by atoms with E-state index in [0.29, 0.717) is 25.3 Å². The summed E-state index contributed by atoms with van der Waals surface area (Å²) in [4.78, 5) is 67.5. The predicted octanol–water partition coefficient (Wildman–Crippen LogP) is 7.06. The molecule has 0 fully saturated rings. The first-order chi connectivity index (χ1) is 26.7. The molecule has 4 heterocycles. The van der Waals surface area contributed by atoms with Crippen molar-refractivity contribution in [2.24, 2.45) is 22.7 Å². The Hall–Kier alpha value is -5.82. The fourth-order valence-electron chi connectivity index (χ4n) is 7.62. The molecule has 0 radical (unpaired) electrons. The molecule has 6 rings (SSSR count). The first-order valence-corrected chi connectivity index (χ1v) is 19.4. The van der Waals surface area contributed by atoms with E-state index in [-0.39, 0.29) is 59.8 Å². The van der Waals surface area contributed by atoms with Gasteiger partial charge in [0.2, 0.25) is 17.7 Å². The molecule has 1 aromatic heterocycles. The number of imidazole rings is 1. The number of aliphatic imine (C=N–C) groups is 1. The van der Waals surface area contributed by atoms with Gasteiger partial charge in [-0.2, -0.15) is 0 Å². The quantitative estimate of drug-likeness (QED) is 0.160. The zero-order valence-electron chi connectivity index (χ0n) is 33.6. The van der Waals surface area contributed by atoms with Crippen LogP contribution in [0.5, 0.6) is 0 Å². The van der Waals surface area contributed by atoms with E-state index in [2.05, 4.69) is 45.3 Å². The second-order valence-electron chi connectivity index (χ2n) is 16.1. The number of allylic oxidation sites excluding steroid dienone is 1. The van der Waals surface area contributed by atoms with Crippen LogP contribution in [0.15, 0.2) is 89.2 Å². The van der Waals surface area contributed by atoms with Crippen LogP contribution in [-0.2, 0) is 19.2 Å². The van der Waals surface area contributed by atoms with Crippen LogP contribution in [0, 0.1) is 29.6 Å². The highest BCUT2D eigenvalue weighted by Crippen LogP contribution is 2.33. The molecule has 3 aliphatic heterocycles. The molecule has 0 bridgehead atoms. The average molecular weight is 753 g/mol. The Balaban J connectivity index is 1.07. The fraction of sp³-hybridized carbons (Fsp3) is 0.391. The average Bonchev–Trinajstić information content (AvgIpc) is 3.98. The molecular weight excluding hydrogens is 701 g/mol. The topological polar surface area (TPSA) is 128 Å². The van der Waals surface area contributed by atoms with Crippen molar-refractivity contribution in [2.45, 2.75) is 86.4 Å². The van der Waals surface area contributed by atoms with Crippen LogP contribution in [0.1, 0.15) is 96.8 Å². The summed E-state index contributed by atoms with van der Waals surface area (Å²) in [6.07, 6.45) is 8.76. The molecule has 2 aromatic carbocycles. The zero-order chi connectivity index (χ0) is 40.3. The van der Waals surface area contributed by atoms with Crippen LogP contribution < -0.4 is 5.32 Å². The lowest BCUT2D eigenvalue weighted by Gasteiger charge is -2.30. The van der Waals surface area contributed by atoms with E-state index < -0.39 is 6.04 Å². The smallest absolute Gasteiger partial charge is 0.246 e. The van der Waals surface area contributed by atoms with Crippen LogP contribution in [0.2, 0.25) is 0 Å². The predicted molar refractivity (Wildman–Crippen MR) is 220 cm³/mol. The Kier molecular flexibility index (Phi) is 12.0. The van der Waals surface area contributed by atoms with Crippen molar-refractivity contribution in [1.82, 2.24) is 25.1 Å². The molecule has 2 unspecified atom stereocenters. The number of ketones is 1. The maximum atomic E-state index is 13.6. The Bertz CT molecular complexity index is 2190. The number of rotatable bonds is 11. The number of hydrogen-bond acceptors (Lipinski definition) is 6. The van der Waals surface area contributed by atoms with Gasteiger partial charge < -0.3 is 24.9 Å². The standard InChI is InChI=1S/C46H52N6O4/c1-27(2)38(21-31(7)53)45(55)51-25-29(5)19-41(51)39-22-37(23-47-39)35-15-11-33(12-16-35)9-10-34-13-17-36(18-14-34)40-24-48-44(50-40)42-20-30(6)26-52(42)46(56)43(28(3)4)49-32(8)54/h11-20,23-24,27-28,38,41-43H,21-22,25-26H2,1-8H3,(H,48,50)(H,49,54)/t38-,41?,42?,43-/m0/s1. The highest BCUT2D eigenvalue weighted by molar-refractivity contribution is 6.05. The van der Waals surface area contributed by atoms with Crippen LogP contribution in [0.25, 0.3) is 16.8 Å². The van der Waals surface area contributed by atoms with Crippen molar-refractivity contribution < 1.29 is 19.2 Å². The number of hydrogen-bond donors (Lipinski definition) is 2. The Labute approximate surface area is 330 Å². The number of nitrogens with one attached hydrogen (secondary N) is 2. The SMILES string of the molecule is CC(=O)C[C@H](C(=O)N1CC(C)=CC1C1=NC=C(c2ccc(C#Cc3ccc(-c4cnc(C5C=C(C)CN5C(=O)[C@@H](NC(C)=O)C(C)C)[nH]4)cc3)cc2)C1)C(C)C. The molecule has 0 saturated heterocycles. The lowest BCUT2D eigenvalue weighted by atomic mass is 9.89. The summed E-state index contributed by atoms with van der Waals surface area (Å²) < 4.78 is 0. The van der Waals surface area contributed by atoms with E-state index in [1.807, 2.05) is 95.1 Å². The number of amides is 3. The summed E-state index contributed by atoms with van der Waals surface area (Å²) in [6.45, 7) is 15.9. The number of carbonyl (C=O) groups is 4. The number of aromatic amines is 1. The molecule has 56 heavy (non-hydrogen) atoms. The molecule has 3 aromatic rings.